The first-order valence-corrected chi connectivity index (χ1v) is 10.8. The summed E-state index contributed by atoms with van der Waals surface area (Å²) in [6.07, 6.45) is 2.60. The average Bonchev–Trinajstić information content (AvgIpc) is 3.23. The van der Waals surface area contributed by atoms with Crippen molar-refractivity contribution in [2.45, 2.75) is 51.3 Å². The van der Waals surface area contributed by atoms with E-state index in [-0.39, 0.29) is 5.91 Å². The van der Waals surface area contributed by atoms with Crippen LogP contribution in [0.1, 0.15) is 40.8 Å². The molecule has 0 radical (unpaired) electrons. The first-order valence-electron chi connectivity index (χ1n) is 9.96. The number of nitrogens with zero attached hydrogens (tertiary/aromatic N) is 3. The van der Waals surface area contributed by atoms with Gasteiger partial charge in [-0.3, -0.25) is 9.69 Å². The fraction of sp³-hybridized carbons (Fsp3) is 0.409. The highest BCUT2D eigenvalue weighted by Gasteiger charge is 2.16. The third kappa shape index (κ3) is 5.65. The summed E-state index contributed by atoms with van der Waals surface area (Å²) < 4.78 is 0. The van der Waals surface area contributed by atoms with Crippen molar-refractivity contribution in [2.75, 3.05) is 13.1 Å². The Hall–Kier alpha value is -2.22. The molecule has 1 saturated heterocycles. The molecule has 1 aromatic carbocycles. The Morgan fingerprint density at radius 2 is 1.83 bits per heavy atom. The molecule has 1 aliphatic rings. The van der Waals surface area contributed by atoms with Gasteiger partial charge in [0, 0.05) is 25.2 Å². The summed E-state index contributed by atoms with van der Waals surface area (Å²) in [5, 5.41) is 11.9. The molecule has 3 N–H and O–H groups in total. The zero-order chi connectivity index (χ0) is 20.8. The summed E-state index contributed by atoms with van der Waals surface area (Å²) in [7, 11) is 0. The molecule has 2 aromatic rings. The monoisotopic (exact) mass is 411 g/mol. The number of aromatic nitrogens is 2. The van der Waals surface area contributed by atoms with E-state index in [1.54, 1.807) is 0 Å². The van der Waals surface area contributed by atoms with Crippen molar-refractivity contribution in [1.82, 2.24) is 20.4 Å². The summed E-state index contributed by atoms with van der Waals surface area (Å²) in [5.74, 6) is -0.209. The van der Waals surface area contributed by atoms with Gasteiger partial charge in [-0.2, -0.15) is 5.10 Å². The Bertz CT molecular complexity index is 876. The van der Waals surface area contributed by atoms with Crippen LogP contribution >= 0.6 is 11.8 Å². The van der Waals surface area contributed by atoms with E-state index < -0.39 is 0 Å². The fourth-order valence-corrected chi connectivity index (χ4v) is 4.20. The lowest BCUT2D eigenvalue weighted by Gasteiger charge is -2.15. The average molecular weight is 412 g/mol. The van der Waals surface area contributed by atoms with Gasteiger partial charge < -0.3 is 11.1 Å². The molecule has 29 heavy (non-hydrogen) atoms. The number of nitrogens with two attached hydrogens (primary N) is 1. The molecule has 0 bridgehead atoms. The normalized spacial score (nSPS) is 14.2. The Labute approximate surface area is 177 Å². The van der Waals surface area contributed by atoms with Gasteiger partial charge >= 0.3 is 0 Å². The van der Waals surface area contributed by atoms with E-state index in [0.717, 1.165) is 28.9 Å². The second kappa shape index (κ2) is 10.0. The van der Waals surface area contributed by atoms with Gasteiger partial charge in [0.15, 0.2) is 0 Å². The van der Waals surface area contributed by atoms with Gasteiger partial charge in [0.1, 0.15) is 5.03 Å². The van der Waals surface area contributed by atoms with Gasteiger partial charge in [-0.1, -0.05) is 42.6 Å². The lowest BCUT2D eigenvalue weighted by molar-refractivity contribution is -0.116. The lowest BCUT2D eigenvalue weighted by Crippen LogP contribution is -2.23. The van der Waals surface area contributed by atoms with Gasteiger partial charge in [0.05, 0.1) is 10.6 Å². The van der Waals surface area contributed by atoms with Crippen molar-refractivity contribution in [2.24, 2.45) is 5.73 Å². The van der Waals surface area contributed by atoms with E-state index in [9.17, 15) is 4.79 Å². The van der Waals surface area contributed by atoms with Crippen molar-refractivity contribution in [1.29, 1.82) is 0 Å². The van der Waals surface area contributed by atoms with Crippen LogP contribution in [0.4, 0.5) is 0 Å². The molecule has 1 fully saturated rings. The van der Waals surface area contributed by atoms with Crippen molar-refractivity contribution in [3.63, 3.8) is 0 Å². The predicted molar refractivity (Wildman–Crippen MR) is 117 cm³/mol. The van der Waals surface area contributed by atoms with Crippen molar-refractivity contribution in [3.8, 4) is 0 Å². The van der Waals surface area contributed by atoms with Gasteiger partial charge in [0.25, 0.3) is 5.91 Å². The van der Waals surface area contributed by atoms with Crippen LogP contribution in [0, 0.1) is 13.8 Å². The Balaban J connectivity index is 1.52. The molecule has 0 atom stereocenters. The highest BCUT2D eigenvalue weighted by Crippen LogP contribution is 2.28. The number of rotatable bonds is 8. The number of hydrogen-bond acceptors (Lipinski definition) is 6. The molecule has 3 rings (SSSR count). The zero-order valence-corrected chi connectivity index (χ0v) is 18.0. The number of amides is 1. The molecule has 1 amide bonds. The van der Waals surface area contributed by atoms with Gasteiger partial charge in [-0.05, 0) is 56.5 Å². The highest BCUT2D eigenvalue weighted by molar-refractivity contribution is 8.04. The van der Waals surface area contributed by atoms with Gasteiger partial charge in [-0.25, -0.2) is 0 Å². The minimum atomic E-state index is -0.209. The molecule has 1 aliphatic heterocycles. The topological polar surface area (TPSA) is 84.1 Å². The summed E-state index contributed by atoms with van der Waals surface area (Å²) in [6.45, 7) is 12.0. The molecule has 154 valence electrons. The third-order valence-electron chi connectivity index (χ3n) is 5.30. The number of nitrogens with one attached hydrogen (secondary N) is 1. The number of hydrogen-bond donors (Lipinski definition) is 2. The quantitative estimate of drug-likeness (QED) is 0.513. The number of likely N-dealkylation sites (tertiary alicyclic amines) is 1. The van der Waals surface area contributed by atoms with E-state index in [2.05, 4.69) is 51.3 Å². The standard InChI is InChI=1S/C22H29N5OS/c1-15-16(2)25-26-22(20(15)12-23)29-17(3)21(28)24-13-18-6-8-19(9-7-18)14-27-10-4-5-11-27/h6-9H,3-5,10-14,23H2,1-2H3,(H,24,28). The van der Waals surface area contributed by atoms with Crippen LogP contribution in [0.2, 0.25) is 0 Å². The molecule has 7 heteroatoms. The first kappa shape index (κ1) is 21.5. The van der Waals surface area contributed by atoms with Crippen molar-refractivity contribution < 1.29 is 4.79 Å². The summed E-state index contributed by atoms with van der Waals surface area (Å²) >= 11 is 1.22. The molecule has 6 nitrogen and oxygen atoms in total. The van der Waals surface area contributed by atoms with Crippen molar-refractivity contribution in [3.05, 3.63) is 63.7 Å². The largest absolute Gasteiger partial charge is 0.348 e. The highest BCUT2D eigenvalue weighted by atomic mass is 32.2. The van der Waals surface area contributed by atoms with E-state index in [1.807, 2.05) is 13.8 Å². The SMILES string of the molecule is C=C(Sc1nnc(C)c(C)c1CN)C(=O)NCc1ccc(CN2CCCC2)cc1. The molecule has 2 heterocycles. The molecule has 0 spiro atoms. The van der Waals surface area contributed by atoms with E-state index in [4.69, 9.17) is 5.73 Å². The molecule has 0 unspecified atom stereocenters. The first-order chi connectivity index (χ1) is 14.0. The van der Waals surface area contributed by atoms with Crippen LogP contribution in [-0.2, 0) is 24.4 Å². The summed E-state index contributed by atoms with van der Waals surface area (Å²) in [5.41, 5.74) is 11.0. The van der Waals surface area contributed by atoms with Crippen molar-refractivity contribution >= 4 is 17.7 Å². The maximum absolute atomic E-state index is 12.5. The Kier molecular flexibility index (Phi) is 7.41. The van der Waals surface area contributed by atoms with Crippen LogP contribution in [-0.4, -0.2) is 34.1 Å². The molecule has 0 aliphatic carbocycles. The second-order valence-electron chi connectivity index (χ2n) is 7.41. The van der Waals surface area contributed by atoms with Crippen LogP contribution in [0.25, 0.3) is 0 Å². The number of carbonyl (C=O) groups is 1. The minimum Gasteiger partial charge on any atom is -0.348 e. The number of aryl methyl sites for hydroxylation is 1. The maximum atomic E-state index is 12.5. The smallest absolute Gasteiger partial charge is 0.257 e. The number of carbonyl (C=O) groups excluding carboxylic acids is 1. The lowest BCUT2D eigenvalue weighted by atomic mass is 10.1. The fourth-order valence-electron chi connectivity index (χ4n) is 3.36. The van der Waals surface area contributed by atoms with Crippen LogP contribution in [0.5, 0.6) is 0 Å². The third-order valence-corrected chi connectivity index (χ3v) is 6.26. The Morgan fingerprint density at radius 3 is 2.48 bits per heavy atom. The van der Waals surface area contributed by atoms with E-state index >= 15 is 0 Å². The molecular formula is C22H29N5OS. The Morgan fingerprint density at radius 1 is 1.17 bits per heavy atom. The van der Waals surface area contributed by atoms with Crippen LogP contribution in [0.3, 0.4) is 0 Å². The molecule has 0 saturated carbocycles. The number of benzene rings is 1. The predicted octanol–water partition coefficient (Wildman–Crippen LogP) is 3.07. The maximum Gasteiger partial charge on any atom is 0.257 e. The summed E-state index contributed by atoms with van der Waals surface area (Å²) in [6, 6.07) is 8.43. The molecule has 1 aromatic heterocycles. The molecular weight excluding hydrogens is 382 g/mol. The van der Waals surface area contributed by atoms with Gasteiger partial charge in [-0.15, -0.1) is 5.10 Å². The minimum absolute atomic E-state index is 0.209. The second-order valence-corrected chi connectivity index (χ2v) is 8.49. The van der Waals surface area contributed by atoms with E-state index in [0.29, 0.717) is 23.0 Å². The summed E-state index contributed by atoms with van der Waals surface area (Å²) in [4.78, 5) is 15.3. The number of thioether (sulfide) groups is 1. The van der Waals surface area contributed by atoms with E-state index in [1.165, 1.54) is 43.3 Å². The zero-order valence-electron chi connectivity index (χ0n) is 17.2. The van der Waals surface area contributed by atoms with Gasteiger partial charge in [0.2, 0.25) is 0 Å². The van der Waals surface area contributed by atoms with Crippen LogP contribution in [0.15, 0.2) is 40.8 Å². The van der Waals surface area contributed by atoms with Crippen LogP contribution < -0.4 is 11.1 Å².